The molecule has 1 N–H and O–H groups in total. The molecule has 2 aromatic rings. The van der Waals surface area contributed by atoms with Crippen LogP contribution in [0.5, 0.6) is 0 Å². The first-order valence-corrected chi connectivity index (χ1v) is 7.31. The maximum absolute atomic E-state index is 13.6. The van der Waals surface area contributed by atoms with Crippen molar-refractivity contribution < 1.29 is 4.39 Å². The fourth-order valence-corrected chi connectivity index (χ4v) is 3.07. The van der Waals surface area contributed by atoms with Crippen LogP contribution in [0, 0.1) is 5.82 Å². The van der Waals surface area contributed by atoms with Gasteiger partial charge in [-0.3, -0.25) is 0 Å². The molecule has 0 amide bonds. The number of halogens is 1. The largest absolute Gasteiger partial charge is 0.347 e. The van der Waals surface area contributed by atoms with Gasteiger partial charge >= 0.3 is 0 Å². The van der Waals surface area contributed by atoms with Gasteiger partial charge in [0, 0.05) is 24.2 Å². The van der Waals surface area contributed by atoms with Gasteiger partial charge in [0.2, 0.25) is 0 Å². The van der Waals surface area contributed by atoms with Gasteiger partial charge in [0.15, 0.2) is 0 Å². The monoisotopic (exact) mass is 260 g/mol. The normalized spacial score (nSPS) is 16.5. The molecule has 0 atom stereocenters. The Morgan fingerprint density at radius 3 is 2.89 bits per heavy atom. The van der Waals surface area contributed by atoms with Gasteiger partial charge < -0.3 is 9.88 Å². The molecule has 0 radical (unpaired) electrons. The van der Waals surface area contributed by atoms with Gasteiger partial charge in [0.05, 0.1) is 5.52 Å². The highest BCUT2D eigenvalue weighted by molar-refractivity contribution is 5.80. The number of aryl methyl sites for hydroxylation is 1. The summed E-state index contributed by atoms with van der Waals surface area (Å²) in [5, 5.41) is 4.34. The summed E-state index contributed by atoms with van der Waals surface area (Å²) in [7, 11) is 0. The van der Waals surface area contributed by atoms with E-state index in [1.54, 1.807) is 6.07 Å². The summed E-state index contributed by atoms with van der Waals surface area (Å²) in [5.41, 5.74) is 1.00. The molecule has 0 aliphatic heterocycles. The van der Waals surface area contributed by atoms with Gasteiger partial charge in [-0.15, -0.1) is 0 Å². The lowest BCUT2D eigenvalue weighted by Crippen LogP contribution is -2.27. The fraction of sp³-hybridized carbons (Fsp3) is 0.500. The Labute approximate surface area is 113 Å². The van der Waals surface area contributed by atoms with Crippen LogP contribution in [0.15, 0.2) is 30.5 Å². The Kier molecular flexibility index (Phi) is 3.83. The van der Waals surface area contributed by atoms with Crippen LogP contribution in [0.1, 0.15) is 32.1 Å². The summed E-state index contributed by atoms with van der Waals surface area (Å²) in [4.78, 5) is 0. The first-order valence-electron chi connectivity index (χ1n) is 7.31. The number of aromatic nitrogens is 1. The lowest BCUT2D eigenvalue weighted by Gasteiger charge is -2.12. The number of nitrogens with one attached hydrogen (secondary N) is 1. The van der Waals surface area contributed by atoms with Gasteiger partial charge in [-0.05, 0) is 44.0 Å². The molecule has 3 heteroatoms. The molecule has 1 heterocycles. The number of benzene rings is 1. The molecule has 0 spiro atoms. The van der Waals surface area contributed by atoms with Crippen molar-refractivity contribution in [3.8, 4) is 0 Å². The van der Waals surface area contributed by atoms with E-state index in [0.717, 1.165) is 36.5 Å². The molecular formula is C16H21FN2. The minimum Gasteiger partial charge on any atom is -0.347 e. The van der Waals surface area contributed by atoms with E-state index in [4.69, 9.17) is 0 Å². The van der Waals surface area contributed by atoms with Crippen molar-refractivity contribution in [3.63, 3.8) is 0 Å². The highest BCUT2D eigenvalue weighted by Gasteiger charge is 2.13. The second-order valence-electron chi connectivity index (χ2n) is 5.47. The smallest absolute Gasteiger partial charge is 0.132 e. The number of nitrogens with zero attached hydrogens (tertiary/aromatic N) is 1. The molecule has 2 nitrogen and oxygen atoms in total. The van der Waals surface area contributed by atoms with Crippen molar-refractivity contribution in [2.24, 2.45) is 0 Å². The van der Waals surface area contributed by atoms with Crippen molar-refractivity contribution >= 4 is 10.9 Å². The Morgan fingerprint density at radius 2 is 2.05 bits per heavy atom. The first-order chi connectivity index (χ1) is 9.34. The van der Waals surface area contributed by atoms with Gasteiger partial charge in [-0.1, -0.05) is 18.9 Å². The Balaban J connectivity index is 1.55. The molecule has 1 saturated carbocycles. The van der Waals surface area contributed by atoms with Crippen LogP contribution >= 0.6 is 0 Å². The second kappa shape index (κ2) is 5.74. The van der Waals surface area contributed by atoms with Crippen LogP contribution < -0.4 is 5.32 Å². The van der Waals surface area contributed by atoms with Crippen LogP contribution in [0.2, 0.25) is 0 Å². The third-order valence-electron chi connectivity index (χ3n) is 4.12. The average Bonchev–Trinajstić information content (AvgIpc) is 3.05. The Hall–Kier alpha value is -1.35. The Bertz CT molecular complexity index is 541. The molecule has 1 fully saturated rings. The lowest BCUT2D eigenvalue weighted by atomic mass is 10.2. The standard InChI is InChI=1S/C16H21FN2/c17-15-7-3-8-16-14(15)9-12-19(16)11-4-10-18-13-5-1-2-6-13/h3,7-9,12-13,18H,1-2,4-6,10-11H2. The number of rotatable bonds is 5. The predicted octanol–water partition coefficient (Wildman–Crippen LogP) is 3.70. The van der Waals surface area contributed by atoms with E-state index < -0.39 is 0 Å². The average molecular weight is 260 g/mol. The third-order valence-corrected chi connectivity index (χ3v) is 4.12. The molecule has 3 rings (SSSR count). The summed E-state index contributed by atoms with van der Waals surface area (Å²) >= 11 is 0. The molecule has 0 bridgehead atoms. The molecule has 1 aromatic carbocycles. The van der Waals surface area contributed by atoms with Crippen molar-refractivity contribution in [2.45, 2.75) is 44.7 Å². The molecule has 1 aromatic heterocycles. The molecule has 102 valence electrons. The zero-order chi connectivity index (χ0) is 13.1. The third kappa shape index (κ3) is 2.81. The van der Waals surface area contributed by atoms with E-state index >= 15 is 0 Å². The molecule has 1 aliphatic carbocycles. The van der Waals surface area contributed by atoms with Crippen LogP contribution in [0.25, 0.3) is 10.9 Å². The van der Waals surface area contributed by atoms with Crippen molar-refractivity contribution in [1.82, 2.24) is 9.88 Å². The van der Waals surface area contributed by atoms with E-state index in [1.165, 1.54) is 31.7 Å². The van der Waals surface area contributed by atoms with Crippen molar-refractivity contribution in [3.05, 3.63) is 36.3 Å². The minimum atomic E-state index is -0.125. The fourth-order valence-electron chi connectivity index (χ4n) is 3.07. The summed E-state index contributed by atoms with van der Waals surface area (Å²) in [6.45, 7) is 2.01. The van der Waals surface area contributed by atoms with E-state index in [1.807, 2.05) is 18.3 Å². The first kappa shape index (κ1) is 12.7. The molecular weight excluding hydrogens is 239 g/mol. The van der Waals surface area contributed by atoms with Crippen LogP contribution in [-0.4, -0.2) is 17.2 Å². The molecule has 19 heavy (non-hydrogen) atoms. The van der Waals surface area contributed by atoms with Gasteiger partial charge in [-0.25, -0.2) is 4.39 Å². The topological polar surface area (TPSA) is 17.0 Å². The number of fused-ring (bicyclic) bond motifs is 1. The zero-order valence-corrected chi connectivity index (χ0v) is 11.2. The summed E-state index contributed by atoms with van der Waals surface area (Å²) in [6.07, 6.45) is 8.49. The van der Waals surface area contributed by atoms with E-state index in [9.17, 15) is 4.39 Å². The molecule has 0 unspecified atom stereocenters. The van der Waals surface area contributed by atoms with Crippen LogP contribution in [-0.2, 0) is 6.54 Å². The lowest BCUT2D eigenvalue weighted by molar-refractivity contribution is 0.498. The second-order valence-corrected chi connectivity index (χ2v) is 5.47. The van der Waals surface area contributed by atoms with Gasteiger partial charge in [0.25, 0.3) is 0 Å². The van der Waals surface area contributed by atoms with E-state index in [2.05, 4.69) is 9.88 Å². The van der Waals surface area contributed by atoms with E-state index in [-0.39, 0.29) is 5.82 Å². The number of hydrogen-bond acceptors (Lipinski definition) is 1. The Morgan fingerprint density at radius 1 is 1.21 bits per heavy atom. The summed E-state index contributed by atoms with van der Waals surface area (Å²) in [5.74, 6) is -0.125. The zero-order valence-electron chi connectivity index (χ0n) is 11.2. The molecule has 1 aliphatic rings. The maximum atomic E-state index is 13.6. The highest BCUT2D eigenvalue weighted by atomic mass is 19.1. The molecule has 0 saturated heterocycles. The SMILES string of the molecule is Fc1cccc2c1ccn2CCCNC1CCCC1. The van der Waals surface area contributed by atoms with Crippen LogP contribution in [0.3, 0.4) is 0 Å². The summed E-state index contributed by atoms with van der Waals surface area (Å²) in [6, 6.07) is 7.90. The highest BCUT2D eigenvalue weighted by Crippen LogP contribution is 2.19. The maximum Gasteiger partial charge on any atom is 0.132 e. The quantitative estimate of drug-likeness (QED) is 0.811. The predicted molar refractivity (Wildman–Crippen MR) is 76.8 cm³/mol. The van der Waals surface area contributed by atoms with Crippen molar-refractivity contribution in [2.75, 3.05) is 6.54 Å². The van der Waals surface area contributed by atoms with Gasteiger partial charge in [-0.2, -0.15) is 0 Å². The minimum absolute atomic E-state index is 0.125. The summed E-state index contributed by atoms with van der Waals surface area (Å²) < 4.78 is 15.7. The number of hydrogen-bond donors (Lipinski definition) is 1. The van der Waals surface area contributed by atoms with Crippen LogP contribution in [0.4, 0.5) is 4.39 Å². The van der Waals surface area contributed by atoms with E-state index in [0.29, 0.717) is 0 Å². The van der Waals surface area contributed by atoms with Gasteiger partial charge in [0.1, 0.15) is 5.82 Å². The van der Waals surface area contributed by atoms with Crippen molar-refractivity contribution in [1.29, 1.82) is 0 Å².